The molecule has 1 aliphatic rings. The molecule has 0 aromatic carbocycles. The van der Waals surface area contributed by atoms with Crippen molar-refractivity contribution >= 4 is 5.91 Å². The Bertz CT molecular complexity index is 261. The Hall–Kier alpha value is -0.610. The average Bonchev–Trinajstić information content (AvgIpc) is 2.59. The van der Waals surface area contributed by atoms with E-state index >= 15 is 0 Å². The lowest BCUT2D eigenvalue weighted by molar-refractivity contribution is -0.124. The Labute approximate surface area is 110 Å². The van der Waals surface area contributed by atoms with Crippen molar-refractivity contribution < 1.29 is 9.90 Å². The van der Waals surface area contributed by atoms with E-state index in [-0.39, 0.29) is 11.8 Å². The number of amides is 1. The predicted octanol–water partition coefficient (Wildman–Crippen LogP) is 1.56. The highest BCUT2D eigenvalue weighted by atomic mass is 16.3. The van der Waals surface area contributed by atoms with Gasteiger partial charge in [0.1, 0.15) is 0 Å². The fourth-order valence-corrected chi connectivity index (χ4v) is 2.45. The Morgan fingerprint density at radius 2 is 1.89 bits per heavy atom. The van der Waals surface area contributed by atoms with Crippen molar-refractivity contribution in [3.8, 4) is 0 Å². The molecule has 4 N–H and O–H groups in total. The summed E-state index contributed by atoms with van der Waals surface area (Å²) in [5.41, 5.74) is 5.15. The summed E-state index contributed by atoms with van der Waals surface area (Å²) in [6.07, 6.45) is 6.91. The maximum atomic E-state index is 11.9. The van der Waals surface area contributed by atoms with Crippen molar-refractivity contribution in [2.45, 2.75) is 70.4 Å². The largest absolute Gasteiger partial charge is 0.388 e. The van der Waals surface area contributed by atoms with Crippen molar-refractivity contribution in [2.24, 2.45) is 11.7 Å². The van der Waals surface area contributed by atoms with E-state index in [0.29, 0.717) is 6.54 Å². The van der Waals surface area contributed by atoms with Crippen LogP contribution in [-0.2, 0) is 4.79 Å². The van der Waals surface area contributed by atoms with Crippen LogP contribution in [0.4, 0.5) is 0 Å². The summed E-state index contributed by atoms with van der Waals surface area (Å²) in [6.45, 7) is 4.34. The van der Waals surface area contributed by atoms with Gasteiger partial charge in [-0.1, -0.05) is 46.0 Å². The third kappa shape index (κ3) is 4.58. The van der Waals surface area contributed by atoms with Crippen LogP contribution < -0.4 is 11.1 Å². The standard InChI is InChI=1S/C14H28N2O2/c1-3-11(2)12(15)13(17)16-10-14(18)8-6-4-5-7-9-14/h11-12,18H,3-10,15H2,1-2H3,(H,16,17)/t11-,12-/m0/s1. The summed E-state index contributed by atoms with van der Waals surface area (Å²) in [4.78, 5) is 11.9. The number of rotatable bonds is 5. The van der Waals surface area contributed by atoms with Gasteiger partial charge in [-0.25, -0.2) is 0 Å². The number of nitrogens with two attached hydrogens (primary N) is 1. The molecule has 2 atom stereocenters. The van der Waals surface area contributed by atoms with Gasteiger partial charge < -0.3 is 16.2 Å². The van der Waals surface area contributed by atoms with Crippen LogP contribution in [0.5, 0.6) is 0 Å². The second-order valence-corrected chi connectivity index (χ2v) is 5.77. The van der Waals surface area contributed by atoms with Crippen molar-refractivity contribution in [1.29, 1.82) is 0 Å². The van der Waals surface area contributed by atoms with Crippen molar-refractivity contribution in [1.82, 2.24) is 5.32 Å². The highest BCUT2D eigenvalue weighted by Gasteiger charge is 2.29. The second kappa shape index (κ2) is 7.10. The number of carbonyl (C=O) groups is 1. The highest BCUT2D eigenvalue weighted by Crippen LogP contribution is 2.26. The van der Waals surface area contributed by atoms with E-state index in [4.69, 9.17) is 5.73 Å². The van der Waals surface area contributed by atoms with E-state index in [1.54, 1.807) is 0 Å². The summed E-state index contributed by atoms with van der Waals surface area (Å²) >= 11 is 0. The topological polar surface area (TPSA) is 75.4 Å². The molecule has 0 aliphatic heterocycles. The van der Waals surface area contributed by atoms with Crippen LogP contribution in [0.15, 0.2) is 0 Å². The highest BCUT2D eigenvalue weighted by molar-refractivity contribution is 5.81. The van der Waals surface area contributed by atoms with Gasteiger partial charge in [0.2, 0.25) is 5.91 Å². The van der Waals surface area contributed by atoms with Gasteiger partial charge in [-0.2, -0.15) is 0 Å². The number of hydrogen-bond acceptors (Lipinski definition) is 3. The number of aliphatic hydroxyl groups is 1. The Balaban J connectivity index is 2.40. The normalized spacial score (nSPS) is 22.9. The van der Waals surface area contributed by atoms with Gasteiger partial charge in [0.25, 0.3) is 0 Å². The van der Waals surface area contributed by atoms with Crippen LogP contribution in [-0.4, -0.2) is 29.2 Å². The quantitative estimate of drug-likeness (QED) is 0.653. The lowest BCUT2D eigenvalue weighted by atomic mass is 9.94. The zero-order valence-electron chi connectivity index (χ0n) is 11.7. The molecule has 1 saturated carbocycles. The molecule has 1 fully saturated rings. The van der Waals surface area contributed by atoms with Gasteiger partial charge in [0.05, 0.1) is 11.6 Å². The van der Waals surface area contributed by atoms with Gasteiger partial charge in [-0.15, -0.1) is 0 Å². The van der Waals surface area contributed by atoms with Crippen molar-refractivity contribution in [3.63, 3.8) is 0 Å². The number of carbonyl (C=O) groups excluding carboxylic acids is 1. The second-order valence-electron chi connectivity index (χ2n) is 5.77. The minimum absolute atomic E-state index is 0.137. The molecule has 0 aromatic heterocycles. The monoisotopic (exact) mass is 256 g/mol. The first kappa shape index (κ1) is 15.4. The van der Waals surface area contributed by atoms with Crippen LogP contribution in [0.25, 0.3) is 0 Å². The molecule has 0 aromatic rings. The first-order chi connectivity index (χ1) is 8.48. The summed E-state index contributed by atoms with van der Waals surface area (Å²) in [7, 11) is 0. The summed E-state index contributed by atoms with van der Waals surface area (Å²) in [6, 6.07) is -0.468. The van der Waals surface area contributed by atoms with Gasteiger partial charge in [-0.05, 0) is 18.8 Å². The zero-order valence-corrected chi connectivity index (χ0v) is 11.7. The molecule has 0 radical (unpaired) electrons. The zero-order chi connectivity index (χ0) is 13.6. The number of hydrogen-bond donors (Lipinski definition) is 3. The molecular formula is C14H28N2O2. The van der Waals surface area contributed by atoms with Gasteiger partial charge >= 0.3 is 0 Å². The molecule has 0 heterocycles. The van der Waals surface area contributed by atoms with Crippen LogP contribution in [0.3, 0.4) is 0 Å². The molecule has 4 heteroatoms. The minimum atomic E-state index is -0.721. The van der Waals surface area contributed by atoms with Crippen LogP contribution >= 0.6 is 0 Å². The average molecular weight is 256 g/mol. The smallest absolute Gasteiger partial charge is 0.237 e. The van der Waals surface area contributed by atoms with Crippen LogP contribution in [0, 0.1) is 5.92 Å². The van der Waals surface area contributed by atoms with Crippen LogP contribution in [0.2, 0.25) is 0 Å². The Kier molecular flexibility index (Phi) is 6.09. The minimum Gasteiger partial charge on any atom is -0.388 e. The van der Waals surface area contributed by atoms with E-state index in [2.05, 4.69) is 5.32 Å². The van der Waals surface area contributed by atoms with Gasteiger partial charge in [0.15, 0.2) is 0 Å². The molecule has 18 heavy (non-hydrogen) atoms. The van der Waals surface area contributed by atoms with Crippen molar-refractivity contribution in [2.75, 3.05) is 6.54 Å². The van der Waals surface area contributed by atoms with Gasteiger partial charge in [-0.3, -0.25) is 4.79 Å². The lowest BCUT2D eigenvalue weighted by Gasteiger charge is -2.28. The molecule has 0 spiro atoms. The molecule has 0 bridgehead atoms. The first-order valence-corrected chi connectivity index (χ1v) is 7.24. The molecule has 1 rings (SSSR count). The Morgan fingerprint density at radius 1 is 1.33 bits per heavy atom. The predicted molar refractivity (Wildman–Crippen MR) is 73.1 cm³/mol. The molecule has 106 valence electrons. The lowest BCUT2D eigenvalue weighted by Crippen LogP contribution is -2.50. The fourth-order valence-electron chi connectivity index (χ4n) is 2.45. The number of nitrogens with one attached hydrogen (secondary N) is 1. The summed E-state index contributed by atoms with van der Waals surface area (Å²) in [5.74, 6) is 0.0378. The molecule has 4 nitrogen and oxygen atoms in total. The molecule has 1 aliphatic carbocycles. The van der Waals surface area contributed by atoms with Gasteiger partial charge in [0, 0.05) is 6.54 Å². The van der Waals surface area contributed by atoms with E-state index in [0.717, 1.165) is 32.1 Å². The first-order valence-electron chi connectivity index (χ1n) is 7.24. The van der Waals surface area contributed by atoms with E-state index in [9.17, 15) is 9.90 Å². The van der Waals surface area contributed by atoms with E-state index < -0.39 is 11.6 Å². The SMILES string of the molecule is CC[C@H](C)[C@H](N)C(=O)NCC1(O)CCCCCC1. The molecule has 0 saturated heterocycles. The Morgan fingerprint density at radius 3 is 2.39 bits per heavy atom. The fraction of sp³-hybridized carbons (Fsp3) is 0.929. The molecule has 0 unspecified atom stereocenters. The maximum absolute atomic E-state index is 11.9. The van der Waals surface area contributed by atoms with E-state index in [1.807, 2.05) is 13.8 Å². The van der Waals surface area contributed by atoms with Crippen molar-refractivity contribution in [3.05, 3.63) is 0 Å². The summed E-state index contributed by atoms with van der Waals surface area (Å²) < 4.78 is 0. The summed E-state index contributed by atoms with van der Waals surface area (Å²) in [5, 5.41) is 13.2. The molecule has 1 amide bonds. The third-order valence-electron chi connectivity index (χ3n) is 4.19. The third-order valence-corrected chi connectivity index (χ3v) is 4.19. The van der Waals surface area contributed by atoms with E-state index in [1.165, 1.54) is 12.8 Å². The maximum Gasteiger partial charge on any atom is 0.237 e. The van der Waals surface area contributed by atoms with Crippen LogP contribution in [0.1, 0.15) is 58.8 Å². The molecular weight excluding hydrogens is 228 g/mol.